The van der Waals surface area contributed by atoms with E-state index in [4.69, 9.17) is 4.74 Å². The summed E-state index contributed by atoms with van der Waals surface area (Å²) in [5.41, 5.74) is 0.635. The topological polar surface area (TPSA) is 74.8 Å². The number of rotatable bonds is 10. The SMILES string of the molecule is CN=C(NCCNC(=O)c1cccc(Br)c1)NCCOCCC(C)C. The number of guanidine groups is 1. The Bertz CT molecular complexity index is 550. The summed E-state index contributed by atoms with van der Waals surface area (Å²) >= 11 is 3.36. The van der Waals surface area contributed by atoms with Crippen molar-refractivity contribution in [2.24, 2.45) is 10.9 Å². The average Bonchev–Trinajstić information content (AvgIpc) is 2.59. The zero-order chi connectivity index (χ0) is 18.5. The number of halogens is 1. The molecule has 0 aliphatic carbocycles. The lowest BCUT2D eigenvalue weighted by atomic mass is 10.1. The van der Waals surface area contributed by atoms with Gasteiger partial charge in [-0.15, -0.1) is 0 Å². The number of nitrogens with one attached hydrogen (secondary N) is 3. The van der Waals surface area contributed by atoms with Crippen LogP contribution in [0.15, 0.2) is 33.7 Å². The summed E-state index contributed by atoms with van der Waals surface area (Å²) in [7, 11) is 1.72. The van der Waals surface area contributed by atoms with Crippen LogP contribution in [0.5, 0.6) is 0 Å². The van der Waals surface area contributed by atoms with E-state index in [2.05, 4.69) is 50.7 Å². The fourth-order valence-electron chi connectivity index (χ4n) is 1.97. The predicted octanol–water partition coefficient (Wildman–Crippen LogP) is 2.41. The van der Waals surface area contributed by atoms with Crippen LogP contribution in [0, 0.1) is 5.92 Å². The fraction of sp³-hybridized carbons (Fsp3) is 0.556. The molecule has 0 unspecified atom stereocenters. The third-order valence-corrected chi connectivity index (χ3v) is 3.89. The lowest BCUT2D eigenvalue weighted by Crippen LogP contribution is -2.42. The Morgan fingerprint density at radius 3 is 2.56 bits per heavy atom. The van der Waals surface area contributed by atoms with Crippen molar-refractivity contribution in [1.29, 1.82) is 0 Å². The number of aliphatic imine (C=N–C) groups is 1. The Labute approximate surface area is 158 Å². The van der Waals surface area contributed by atoms with Crippen LogP contribution in [-0.2, 0) is 4.74 Å². The molecule has 0 aliphatic rings. The number of benzene rings is 1. The van der Waals surface area contributed by atoms with E-state index in [0.717, 1.165) is 17.5 Å². The van der Waals surface area contributed by atoms with Crippen molar-refractivity contribution in [2.45, 2.75) is 20.3 Å². The van der Waals surface area contributed by atoms with Gasteiger partial charge in [0.1, 0.15) is 0 Å². The Kier molecular flexibility index (Phi) is 10.9. The molecule has 0 bridgehead atoms. The van der Waals surface area contributed by atoms with Gasteiger partial charge >= 0.3 is 0 Å². The molecular weight excluding hydrogens is 384 g/mol. The molecule has 0 aromatic heterocycles. The predicted molar refractivity (Wildman–Crippen MR) is 106 cm³/mol. The lowest BCUT2D eigenvalue weighted by molar-refractivity contribution is 0.0954. The van der Waals surface area contributed by atoms with Gasteiger partial charge in [-0.1, -0.05) is 35.8 Å². The smallest absolute Gasteiger partial charge is 0.251 e. The molecule has 0 saturated carbocycles. The van der Waals surface area contributed by atoms with Crippen LogP contribution < -0.4 is 16.0 Å². The van der Waals surface area contributed by atoms with E-state index in [1.165, 1.54) is 0 Å². The maximum absolute atomic E-state index is 12.0. The first-order chi connectivity index (χ1) is 12.0. The Morgan fingerprint density at radius 1 is 1.16 bits per heavy atom. The van der Waals surface area contributed by atoms with Gasteiger partial charge in [0, 0.05) is 43.3 Å². The Morgan fingerprint density at radius 2 is 1.88 bits per heavy atom. The van der Waals surface area contributed by atoms with E-state index >= 15 is 0 Å². The first-order valence-corrected chi connectivity index (χ1v) is 9.38. The van der Waals surface area contributed by atoms with Gasteiger partial charge in [0.2, 0.25) is 0 Å². The highest BCUT2D eigenvalue weighted by Crippen LogP contribution is 2.11. The maximum Gasteiger partial charge on any atom is 0.251 e. The van der Waals surface area contributed by atoms with E-state index in [-0.39, 0.29) is 5.91 Å². The van der Waals surface area contributed by atoms with Crippen LogP contribution in [0.1, 0.15) is 30.6 Å². The van der Waals surface area contributed by atoms with Crippen LogP contribution >= 0.6 is 15.9 Å². The second-order valence-electron chi connectivity index (χ2n) is 5.99. The molecular formula is C18H29BrN4O2. The van der Waals surface area contributed by atoms with Crippen LogP contribution in [0.4, 0.5) is 0 Å². The minimum Gasteiger partial charge on any atom is -0.380 e. The number of ether oxygens (including phenoxy) is 1. The van der Waals surface area contributed by atoms with Crippen LogP contribution in [-0.4, -0.2) is 51.8 Å². The normalized spacial score (nSPS) is 11.5. The van der Waals surface area contributed by atoms with Crippen molar-refractivity contribution in [3.63, 3.8) is 0 Å². The van der Waals surface area contributed by atoms with Gasteiger partial charge in [-0.3, -0.25) is 9.79 Å². The lowest BCUT2D eigenvalue weighted by Gasteiger charge is -2.13. The number of hydrogen-bond acceptors (Lipinski definition) is 3. The number of amides is 1. The highest BCUT2D eigenvalue weighted by molar-refractivity contribution is 9.10. The van der Waals surface area contributed by atoms with Gasteiger partial charge in [-0.25, -0.2) is 0 Å². The first-order valence-electron chi connectivity index (χ1n) is 8.59. The summed E-state index contributed by atoms with van der Waals surface area (Å²) in [6, 6.07) is 7.31. The first kappa shape index (κ1) is 21.4. The molecule has 140 valence electrons. The largest absolute Gasteiger partial charge is 0.380 e. The quantitative estimate of drug-likeness (QED) is 0.313. The van der Waals surface area contributed by atoms with Crippen LogP contribution in [0.2, 0.25) is 0 Å². The highest BCUT2D eigenvalue weighted by Gasteiger charge is 2.05. The Balaban J connectivity index is 2.13. The van der Waals surface area contributed by atoms with E-state index in [9.17, 15) is 4.79 Å². The van der Waals surface area contributed by atoms with E-state index in [1.54, 1.807) is 19.2 Å². The fourth-order valence-corrected chi connectivity index (χ4v) is 2.37. The highest BCUT2D eigenvalue weighted by atomic mass is 79.9. The van der Waals surface area contributed by atoms with Crippen LogP contribution in [0.25, 0.3) is 0 Å². The summed E-state index contributed by atoms with van der Waals surface area (Å²) in [6.45, 7) is 7.60. The summed E-state index contributed by atoms with van der Waals surface area (Å²) in [6.07, 6.45) is 1.07. The van der Waals surface area contributed by atoms with E-state index in [1.807, 2.05) is 12.1 Å². The summed E-state index contributed by atoms with van der Waals surface area (Å²) in [5, 5.41) is 9.21. The van der Waals surface area contributed by atoms with Crippen molar-refractivity contribution in [1.82, 2.24) is 16.0 Å². The zero-order valence-corrected chi connectivity index (χ0v) is 16.9. The molecule has 1 aromatic carbocycles. The molecule has 0 atom stereocenters. The van der Waals surface area contributed by atoms with Crippen molar-refractivity contribution < 1.29 is 9.53 Å². The van der Waals surface area contributed by atoms with E-state index in [0.29, 0.717) is 43.7 Å². The molecule has 0 heterocycles. The average molecular weight is 413 g/mol. The van der Waals surface area contributed by atoms with Gasteiger partial charge in [0.05, 0.1) is 6.61 Å². The van der Waals surface area contributed by atoms with Crippen LogP contribution in [0.3, 0.4) is 0 Å². The number of carbonyl (C=O) groups is 1. The third kappa shape index (κ3) is 10.1. The minimum absolute atomic E-state index is 0.0930. The molecule has 0 saturated heterocycles. The van der Waals surface area contributed by atoms with Gasteiger partial charge < -0.3 is 20.7 Å². The van der Waals surface area contributed by atoms with E-state index < -0.39 is 0 Å². The van der Waals surface area contributed by atoms with Gasteiger partial charge in [-0.05, 0) is 30.5 Å². The molecule has 0 spiro atoms. The summed E-state index contributed by atoms with van der Waals surface area (Å²) < 4.78 is 6.44. The molecule has 6 nitrogen and oxygen atoms in total. The maximum atomic E-state index is 12.0. The monoisotopic (exact) mass is 412 g/mol. The number of hydrogen-bond donors (Lipinski definition) is 3. The molecule has 1 rings (SSSR count). The van der Waals surface area contributed by atoms with Gasteiger partial charge in [-0.2, -0.15) is 0 Å². The number of nitrogens with zero attached hydrogens (tertiary/aromatic N) is 1. The van der Waals surface area contributed by atoms with Crippen molar-refractivity contribution in [3.8, 4) is 0 Å². The molecule has 3 N–H and O–H groups in total. The second-order valence-corrected chi connectivity index (χ2v) is 6.90. The molecule has 7 heteroatoms. The Hall–Kier alpha value is -1.60. The van der Waals surface area contributed by atoms with Gasteiger partial charge in [0.15, 0.2) is 5.96 Å². The molecule has 1 amide bonds. The minimum atomic E-state index is -0.0930. The van der Waals surface area contributed by atoms with Gasteiger partial charge in [0.25, 0.3) is 5.91 Å². The summed E-state index contributed by atoms with van der Waals surface area (Å²) in [5.74, 6) is 1.27. The molecule has 0 fully saturated rings. The summed E-state index contributed by atoms with van der Waals surface area (Å²) in [4.78, 5) is 16.1. The zero-order valence-electron chi connectivity index (χ0n) is 15.3. The number of carbonyl (C=O) groups excluding carboxylic acids is 1. The molecule has 0 radical (unpaired) electrons. The standard InChI is InChI=1S/C18H29BrN4O2/c1-14(2)7-11-25-12-10-23-18(20-3)22-9-8-21-17(24)15-5-4-6-16(19)13-15/h4-6,13-14H,7-12H2,1-3H3,(H,21,24)(H2,20,22,23). The molecule has 1 aromatic rings. The third-order valence-electron chi connectivity index (χ3n) is 3.39. The molecule has 25 heavy (non-hydrogen) atoms. The van der Waals surface area contributed by atoms with Crippen molar-refractivity contribution in [3.05, 3.63) is 34.3 Å². The second kappa shape index (κ2) is 12.7. The van der Waals surface area contributed by atoms with Crippen molar-refractivity contribution >= 4 is 27.8 Å². The van der Waals surface area contributed by atoms with Crippen molar-refractivity contribution in [2.75, 3.05) is 39.9 Å². The molecule has 0 aliphatic heterocycles.